The Morgan fingerprint density at radius 2 is 2.25 bits per heavy atom. The zero-order valence-corrected chi connectivity index (χ0v) is 10.2. The highest BCUT2D eigenvalue weighted by molar-refractivity contribution is 5.30. The average Bonchev–Trinajstić information content (AvgIpc) is 2.33. The topological polar surface area (TPSA) is 9.23 Å². The van der Waals surface area contributed by atoms with Crippen LogP contribution in [-0.2, 0) is 0 Å². The van der Waals surface area contributed by atoms with E-state index in [1.807, 2.05) is 12.1 Å². The monoisotopic (exact) mass is 216 g/mol. The molecule has 1 nitrogen and oxygen atoms in total. The van der Waals surface area contributed by atoms with Crippen LogP contribution in [0.25, 0.3) is 0 Å². The van der Waals surface area contributed by atoms with Gasteiger partial charge in [-0.25, -0.2) is 0 Å². The van der Waals surface area contributed by atoms with Crippen LogP contribution in [0.1, 0.15) is 44.6 Å². The van der Waals surface area contributed by atoms with Crippen LogP contribution in [0, 0.1) is 12.3 Å². The minimum absolute atomic E-state index is 0.501. The summed E-state index contributed by atoms with van der Waals surface area (Å²) in [7, 11) is 0. The number of benzene rings is 1. The molecule has 0 amide bonds. The first kappa shape index (κ1) is 12.6. The molecular formula is C15H20O. The van der Waals surface area contributed by atoms with E-state index in [0.29, 0.717) is 5.92 Å². The lowest BCUT2D eigenvalue weighted by Gasteiger charge is -2.12. The lowest BCUT2D eigenvalue weighted by Crippen LogP contribution is -1.97. The molecule has 0 aliphatic rings. The van der Waals surface area contributed by atoms with Crippen LogP contribution >= 0.6 is 0 Å². The standard InChI is InChI=1S/C15H20O/c1-4-6-8-13(3)14-9-7-10-15(12-14)16-11-5-2/h1,7,9-10,12-13H,5-6,8,11H2,2-3H3. The second-order valence-electron chi connectivity index (χ2n) is 4.06. The highest BCUT2D eigenvalue weighted by Gasteiger charge is 2.05. The molecule has 86 valence electrons. The summed E-state index contributed by atoms with van der Waals surface area (Å²) in [5.41, 5.74) is 1.31. The van der Waals surface area contributed by atoms with Crippen LogP contribution in [0.2, 0.25) is 0 Å². The van der Waals surface area contributed by atoms with Crippen molar-refractivity contribution in [1.82, 2.24) is 0 Å². The second-order valence-corrected chi connectivity index (χ2v) is 4.06. The minimum atomic E-state index is 0.501. The third kappa shape index (κ3) is 3.98. The molecule has 1 rings (SSSR count). The Hall–Kier alpha value is -1.42. The molecule has 1 heteroatoms. The second kappa shape index (κ2) is 6.95. The molecule has 1 atom stereocenters. The molecule has 0 saturated heterocycles. The summed E-state index contributed by atoms with van der Waals surface area (Å²) >= 11 is 0. The van der Waals surface area contributed by atoms with Crippen LogP contribution in [0.5, 0.6) is 5.75 Å². The van der Waals surface area contributed by atoms with Gasteiger partial charge in [0, 0.05) is 6.42 Å². The third-order valence-corrected chi connectivity index (χ3v) is 2.62. The maximum Gasteiger partial charge on any atom is 0.119 e. The average molecular weight is 216 g/mol. The van der Waals surface area contributed by atoms with Crippen molar-refractivity contribution >= 4 is 0 Å². The molecule has 0 aliphatic heterocycles. The summed E-state index contributed by atoms with van der Waals surface area (Å²) in [5.74, 6) is 4.15. The number of ether oxygens (including phenoxy) is 1. The first-order chi connectivity index (χ1) is 7.77. The molecule has 0 bridgehead atoms. The van der Waals surface area contributed by atoms with E-state index in [2.05, 4.69) is 31.9 Å². The van der Waals surface area contributed by atoms with E-state index in [-0.39, 0.29) is 0 Å². The van der Waals surface area contributed by atoms with E-state index in [4.69, 9.17) is 11.2 Å². The molecule has 0 N–H and O–H groups in total. The third-order valence-electron chi connectivity index (χ3n) is 2.62. The first-order valence-corrected chi connectivity index (χ1v) is 5.94. The summed E-state index contributed by atoms with van der Waals surface area (Å²) in [4.78, 5) is 0. The van der Waals surface area contributed by atoms with E-state index >= 15 is 0 Å². The van der Waals surface area contributed by atoms with Gasteiger partial charge < -0.3 is 4.74 Å². The molecule has 0 radical (unpaired) electrons. The van der Waals surface area contributed by atoms with Crippen LogP contribution in [0.15, 0.2) is 24.3 Å². The number of rotatable bonds is 6. The fourth-order valence-corrected chi connectivity index (χ4v) is 1.60. The van der Waals surface area contributed by atoms with E-state index in [9.17, 15) is 0 Å². The fourth-order valence-electron chi connectivity index (χ4n) is 1.60. The largest absolute Gasteiger partial charge is 0.494 e. The van der Waals surface area contributed by atoms with Crippen molar-refractivity contribution in [3.63, 3.8) is 0 Å². The summed E-state index contributed by atoms with van der Waals surface area (Å²) in [6, 6.07) is 8.32. The van der Waals surface area contributed by atoms with Crippen molar-refractivity contribution in [1.29, 1.82) is 0 Å². The van der Waals surface area contributed by atoms with Gasteiger partial charge in [0.1, 0.15) is 5.75 Å². The SMILES string of the molecule is C#CCCC(C)c1cccc(OCCC)c1. The molecule has 0 aliphatic carbocycles. The van der Waals surface area contributed by atoms with Crippen molar-refractivity contribution < 1.29 is 4.74 Å². The molecule has 0 fully saturated rings. The summed E-state index contributed by atoms with van der Waals surface area (Å²) < 4.78 is 5.61. The Kier molecular flexibility index (Phi) is 5.50. The van der Waals surface area contributed by atoms with E-state index in [1.165, 1.54) is 5.56 Å². The quantitative estimate of drug-likeness (QED) is 0.653. The highest BCUT2D eigenvalue weighted by Crippen LogP contribution is 2.24. The van der Waals surface area contributed by atoms with E-state index < -0.39 is 0 Å². The van der Waals surface area contributed by atoms with Gasteiger partial charge in [0.05, 0.1) is 6.61 Å². The van der Waals surface area contributed by atoms with Crippen LogP contribution < -0.4 is 4.74 Å². The molecule has 0 heterocycles. The molecule has 1 unspecified atom stereocenters. The minimum Gasteiger partial charge on any atom is -0.494 e. The number of hydrogen-bond acceptors (Lipinski definition) is 1. The molecule has 16 heavy (non-hydrogen) atoms. The zero-order valence-electron chi connectivity index (χ0n) is 10.2. The molecule has 0 aromatic heterocycles. The van der Waals surface area contributed by atoms with Gasteiger partial charge in [-0.05, 0) is 36.5 Å². The van der Waals surface area contributed by atoms with Gasteiger partial charge in [-0.2, -0.15) is 0 Å². The van der Waals surface area contributed by atoms with Crippen molar-refractivity contribution in [3.8, 4) is 18.1 Å². The predicted octanol–water partition coefficient (Wildman–Crippen LogP) is 3.99. The van der Waals surface area contributed by atoms with Gasteiger partial charge in [-0.3, -0.25) is 0 Å². The molecule has 0 saturated carbocycles. The predicted molar refractivity (Wildman–Crippen MR) is 68.7 cm³/mol. The van der Waals surface area contributed by atoms with Crippen molar-refractivity contribution in [2.45, 2.75) is 39.0 Å². The Morgan fingerprint density at radius 3 is 2.94 bits per heavy atom. The lowest BCUT2D eigenvalue weighted by molar-refractivity contribution is 0.317. The summed E-state index contributed by atoms with van der Waals surface area (Å²) in [5, 5.41) is 0. The fraction of sp³-hybridized carbons (Fsp3) is 0.467. The molecule has 1 aromatic carbocycles. The Morgan fingerprint density at radius 1 is 1.44 bits per heavy atom. The zero-order chi connectivity index (χ0) is 11.8. The first-order valence-electron chi connectivity index (χ1n) is 5.94. The van der Waals surface area contributed by atoms with Gasteiger partial charge in [-0.15, -0.1) is 12.3 Å². The van der Waals surface area contributed by atoms with E-state index in [0.717, 1.165) is 31.6 Å². The van der Waals surface area contributed by atoms with Gasteiger partial charge in [-0.1, -0.05) is 26.0 Å². The maximum atomic E-state index is 5.61. The van der Waals surface area contributed by atoms with Gasteiger partial charge >= 0.3 is 0 Å². The Balaban J connectivity index is 2.62. The normalized spacial score (nSPS) is 11.8. The van der Waals surface area contributed by atoms with E-state index in [1.54, 1.807) is 0 Å². The van der Waals surface area contributed by atoms with Crippen LogP contribution in [-0.4, -0.2) is 6.61 Å². The summed E-state index contributed by atoms with van der Waals surface area (Å²) in [6.45, 7) is 5.10. The van der Waals surface area contributed by atoms with Gasteiger partial charge in [0.25, 0.3) is 0 Å². The Bertz CT molecular complexity index is 349. The number of terminal acetylenes is 1. The summed E-state index contributed by atoms with van der Waals surface area (Å²) in [6.07, 6.45) is 8.18. The molecule has 0 spiro atoms. The van der Waals surface area contributed by atoms with Crippen molar-refractivity contribution in [3.05, 3.63) is 29.8 Å². The highest BCUT2D eigenvalue weighted by atomic mass is 16.5. The Labute approximate surface area is 98.8 Å². The maximum absolute atomic E-state index is 5.61. The van der Waals surface area contributed by atoms with Gasteiger partial charge in [0.2, 0.25) is 0 Å². The van der Waals surface area contributed by atoms with Crippen LogP contribution in [0.3, 0.4) is 0 Å². The molecular weight excluding hydrogens is 196 g/mol. The van der Waals surface area contributed by atoms with Crippen molar-refractivity contribution in [2.24, 2.45) is 0 Å². The smallest absolute Gasteiger partial charge is 0.119 e. The number of hydrogen-bond donors (Lipinski definition) is 0. The van der Waals surface area contributed by atoms with Crippen LogP contribution in [0.4, 0.5) is 0 Å². The van der Waals surface area contributed by atoms with Crippen molar-refractivity contribution in [2.75, 3.05) is 6.61 Å². The van der Waals surface area contributed by atoms with Gasteiger partial charge in [0.15, 0.2) is 0 Å². The molecule has 1 aromatic rings. The lowest BCUT2D eigenvalue weighted by atomic mass is 9.96.